The Morgan fingerprint density at radius 1 is 0.315 bits per heavy atom. The van der Waals surface area contributed by atoms with Gasteiger partial charge in [-0.15, -0.1) is 0 Å². The van der Waals surface area contributed by atoms with Crippen LogP contribution in [-0.4, -0.2) is 0 Å². The molecule has 0 radical (unpaired) electrons. The van der Waals surface area contributed by atoms with Crippen molar-refractivity contribution in [2.75, 3.05) is 0 Å². The number of unbranched alkanes of at least 4 members (excludes halogenated alkanes) is 14. The number of rotatable bonds is 23. The fourth-order valence-corrected chi connectivity index (χ4v) is 10.7. The SMILES string of the molecule is CCCCCCCCC1(CCCCCCCC)c2cc(C)ccc2-c2ccc(-c3ccc4c(c3)C(CCCCC)(CCCCC)c3cc(C)ccc3-4)cc21. The Bertz CT molecular complexity index is 1780. The predicted molar refractivity (Wildman–Crippen MR) is 238 cm³/mol. The molecule has 0 unspecified atom stereocenters. The summed E-state index contributed by atoms with van der Waals surface area (Å²) in [6, 6.07) is 30.1. The van der Waals surface area contributed by atoms with Crippen molar-refractivity contribution >= 4 is 0 Å². The first-order valence-electron chi connectivity index (χ1n) is 22.9. The van der Waals surface area contributed by atoms with Crippen LogP contribution in [0.4, 0.5) is 0 Å². The van der Waals surface area contributed by atoms with E-state index in [-0.39, 0.29) is 10.8 Å². The zero-order chi connectivity index (χ0) is 38.0. The van der Waals surface area contributed by atoms with Crippen molar-refractivity contribution in [2.45, 2.75) is 194 Å². The van der Waals surface area contributed by atoms with Gasteiger partial charge in [-0.05, 0) is 107 Å². The van der Waals surface area contributed by atoms with Crippen molar-refractivity contribution in [2.24, 2.45) is 0 Å². The smallest absolute Gasteiger partial charge is 0.0215 e. The van der Waals surface area contributed by atoms with E-state index in [1.54, 1.807) is 22.3 Å². The van der Waals surface area contributed by atoms with Gasteiger partial charge in [0.1, 0.15) is 0 Å². The summed E-state index contributed by atoms with van der Waals surface area (Å²) in [6.07, 6.45) is 29.1. The number of benzene rings is 4. The minimum atomic E-state index is 0.108. The summed E-state index contributed by atoms with van der Waals surface area (Å²) in [4.78, 5) is 0. The second-order valence-electron chi connectivity index (χ2n) is 17.7. The number of hydrogen-bond acceptors (Lipinski definition) is 0. The molecule has 0 fully saturated rings. The molecule has 0 aromatic heterocycles. The maximum atomic E-state index is 2.68. The van der Waals surface area contributed by atoms with Crippen LogP contribution in [0.15, 0.2) is 72.8 Å². The third-order valence-corrected chi connectivity index (χ3v) is 13.7. The fourth-order valence-electron chi connectivity index (χ4n) is 10.7. The van der Waals surface area contributed by atoms with E-state index in [2.05, 4.69) is 114 Å². The summed E-state index contributed by atoms with van der Waals surface area (Å²) >= 11 is 0. The van der Waals surface area contributed by atoms with Crippen molar-refractivity contribution < 1.29 is 0 Å². The van der Waals surface area contributed by atoms with Gasteiger partial charge in [0, 0.05) is 10.8 Å². The predicted octanol–water partition coefficient (Wildman–Crippen LogP) is 17.2. The van der Waals surface area contributed by atoms with Crippen molar-refractivity contribution in [3.05, 3.63) is 106 Å². The minimum absolute atomic E-state index is 0.108. The molecular weight excluding hydrogens is 649 g/mol. The van der Waals surface area contributed by atoms with Gasteiger partial charge in [-0.3, -0.25) is 0 Å². The molecule has 0 spiro atoms. The Hall–Kier alpha value is -3.12. The molecule has 0 nitrogen and oxygen atoms in total. The molecule has 4 aromatic carbocycles. The van der Waals surface area contributed by atoms with E-state index in [4.69, 9.17) is 0 Å². The van der Waals surface area contributed by atoms with Gasteiger partial charge in [-0.2, -0.15) is 0 Å². The van der Waals surface area contributed by atoms with Gasteiger partial charge in [0.05, 0.1) is 0 Å². The standard InChI is InChI=1S/C54H74/c1-7-11-15-17-19-23-35-54(36-24-20-18-16-12-8-2)50-38-42(6)26-30-46(50)48-32-28-44(40-52(48)54)43-27-31-47-45-29-25-41(5)37-49(45)53(51(47)39-43,33-21-13-9-3)34-22-14-10-4/h25-32,37-40H,7-24,33-36H2,1-6H3. The van der Waals surface area contributed by atoms with Crippen LogP contribution in [-0.2, 0) is 10.8 Å². The first-order chi connectivity index (χ1) is 26.4. The number of aryl methyl sites for hydroxylation is 2. The quantitative estimate of drug-likeness (QED) is 0.0669. The molecule has 0 N–H and O–H groups in total. The van der Waals surface area contributed by atoms with Gasteiger partial charge in [0.2, 0.25) is 0 Å². The molecule has 290 valence electrons. The van der Waals surface area contributed by atoms with Crippen LogP contribution in [0.2, 0.25) is 0 Å². The third kappa shape index (κ3) is 8.49. The molecule has 0 bridgehead atoms. The summed E-state index contributed by atoms with van der Waals surface area (Å²) in [5.74, 6) is 0. The highest BCUT2D eigenvalue weighted by Gasteiger charge is 2.44. The van der Waals surface area contributed by atoms with Crippen LogP contribution in [0.5, 0.6) is 0 Å². The zero-order valence-corrected chi connectivity index (χ0v) is 35.5. The zero-order valence-electron chi connectivity index (χ0n) is 35.5. The molecule has 4 aromatic rings. The van der Waals surface area contributed by atoms with E-state index >= 15 is 0 Å². The molecule has 0 saturated carbocycles. The molecule has 0 saturated heterocycles. The van der Waals surface area contributed by atoms with Crippen LogP contribution in [0.25, 0.3) is 33.4 Å². The van der Waals surface area contributed by atoms with Crippen molar-refractivity contribution in [1.82, 2.24) is 0 Å². The van der Waals surface area contributed by atoms with Crippen LogP contribution in [0, 0.1) is 13.8 Å². The lowest BCUT2D eigenvalue weighted by Crippen LogP contribution is -2.26. The van der Waals surface area contributed by atoms with E-state index in [1.165, 1.54) is 186 Å². The van der Waals surface area contributed by atoms with Crippen LogP contribution in [0.3, 0.4) is 0 Å². The lowest BCUT2D eigenvalue weighted by Gasteiger charge is -2.34. The Kier molecular flexibility index (Phi) is 14.4. The molecule has 0 atom stereocenters. The van der Waals surface area contributed by atoms with E-state index in [0.29, 0.717) is 0 Å². The maximum Gasteiger partial charge on any atom is 0.0215 e. The number of fused-ring (bicyclic) bond motifs is 6. The minimum Gasteiger partial charge on any atom is -0.0654 e. The molecule has 0 heterocycles. The first kappa shape index (κ1) is 40.5. The molecular formula is C54H74. The second kappa shape index (κ2) is 19.2. The summed E-state index contributed by atoms with van der Waals surface area (Å²) in [7, 11) is 0. The highest BCUT2D eigenvalue weighted by Crippen LogP contribution is 2.57. The Morgan fingerprint density at radius 2 is 0.593 bits per heavy atom. The summed E-state index contributed by atoms with van der Waals surface area (Å²) < 4.78 is 0. The Morgan fingerprint density at radius 3 is 0.963 bits per heavy atom. The fraction of sp³-hybridized carbons (Fsp3) is 0.556. The van der Waals surface area contributed by atoms with E-state index in [0.717, 1.165) is 0 Å². The highest BCUT2D eigenvalue weighted by molar-refractivity contribution is 5.87. The average Bonchev–Trinajstić information content (AvgIpc) is 3.59. The highest BCUT2D eigenvalue weighted by atomic mass is 14.5. The average molecular weight is 723 g/mol. The van der Waals surface area contributed by atoms with Gasteiger partial charge < -0.3 is 0 Å². The number of hydrogen-bond donors (Lipinski definition) is 0. The Balaban J connectivity index is 1.43. The van der Waals surface area contributed by atoms with Gasteiger partial charge in [-0.1, -0.05) is 215 Å². The van der Waals surface area contributed by atoms with Gasteiger partial charge in [-0.25, -0.2) is 0 Å². The van der Waals surface area contributed by atoms with E-state index in [1.807, 2.05) is 0 Å². The normalized spacial score (nSPS) is 14.6. The summed E-state index contributed by atoms with van der Waals surface area (Å²) in [6.45, 7) is 14.0. The molecule has 0 heteroatoms. The summed E-state index contributed by atoms with van der Waals surface area (Å²) in [5, 5.41) is 0. The third-order valence-electron chi connectivity index (χ3n) is 13.7. The second-order valence-corrected chi connectivity index (χ2v) is 17.7. The molecule has 2 aliphatic rings. The Labute approximate surface area is 332 Å². The molecule has 6 rings (SSSR count). The van der Waals surface area contributed by atoms with Gasteiger partial charge in [0.25, 0.3) is 0 Å². The largest absolute Gasteiger partial charge is 0.0654 e. The van der Waals surface area contributed by atoms with Gasteiger partial charge in [0.15, 0.2) is 0 Å². The lowest BCUT2D eigenvalue weighted by molar-refractivity contribution is 0.398. The van der Waals surface area contributed by atoms with Crippen LogP contribution < -0.4 is 0 Å². The van der Waals surface area contributed by atoms with Gasteiger partial charge >= 0.3 is 0 Å². The van der Waals surface area contributed by atoms with E-state index in [9.17, 15) is 0 Å². The van der Waals surface area contributed by atoms with Crippen molar-refractivity contribution in [1.29, 1.82) is 0 Å². The molecule has 54 heavy (non-hydrogen) atoms. The summed E-state index contributed by atoms with van der Waals surface area (Å²) in [5.41, 5.74) is 18.3. The monoisotopic (exact) mass is 723 g/mol. The maximum absolute atomic E-state index is 2.68. The topological polar surface area (TPSA) is 0 Å². The lowest BCUT2D eigenvalue weighted by atomic mass is 9.69. The molecule has 0 aliphatic heterocycles. The molecule has 0 amide bonds. The van der Waals surface area contributed by atoms with Crippen LogP contribution >= 0.6 is 0 Å². The van der Waals surface area contributed by atoms with E-state index < -0.39 is 0 Å². The first-order valence-corrected chi connectivity index (χ1v) is 22.9. The van der Waals surface area contributed by atoms with Crippen molar-refractivity contribution in [3.63, 3.8) is 0 Å². The molecule has 2 aliphatic carbocycles. The van der Waals surface area contributed by atoms with Crippen LogP contribution in [0.1, 0.15) is 202 Å². The van der Waals surface area contributed by atoms with Crippen molar-refractivity contribution in [3.8, 4) is 33.4 Å².